The van der Waals surface area contributed by atoms with Gasteiger partial charge in [-0.3, -0.25) is 10.00 Å². The van der Waals surface area contributed by atoms with Crippen LogP contribution < -0.4 is 0 Å². The van der Waals surface area contributed by atoms with Crippen LogP contribution in [0.4, 0.5) is 4.39 Å². The number of hydrogen-bond acceptors (Lipinski definition) is 2. The third kappa shape index (κ3) is 2.90. The second kappa shape index (κ2) is 5.97. The van der Waals surface area contributed by atoms with Gasteiger partial charge in [-0.25, -0.2) is 4.39 Å². The predicted octanol–water partition coefficient (Wildman–Crippen LogP) is 3.77. The van der Waals surface area contributed by atoms with Crippen molar-refractivity contribution in [2.24, 2.45) is 0 Å². The normalized spacial score (nSPS) is 14.7. The molecule has 1 aromatic heterocycles. The Morgan fingerprint density at radius 2 is 1.83 bits per heavy atom. The van der Waals surface area contributed by atoms with E-state index in [1.54, 1.807) is 12.1 Å². The summed E-state index contributed by atoms with van der Waals surface area (Å²) in [5.41, 5.74) is 5.96. The zero-order chi connectivity index (χ0) is 15.6. The van der Waals surface area contributed by atoms with Crippen LogP contribution in [0.1, 0.15) is 16.7 Å². The molecular weight excluding hydrogens is 289 g/mol. The lowest BCUT2D eigenvalue weighted by molar-refractivity contribution is 0.246. The second-order valence-corrected chi connectivity index (χ2v) is 6.01. The molecule has 116 valence electrons. The zero-order valence-electron chi connectivity index (χ0n) is 12.8. The molecule has 4 heteroatoms. The maximum Gasteiger partial charge on any atom is 0.123 e. The van der Waals surface area contributed by atoms with Crippen molar-refractivity contribution in [1.82, 2.24) is 15.1 Å². The molecule has 4 rings (SSSR count). The van der Waals surface area contributed by atoms with E-state index in [9.17, 15) is 4.39 Å². The minimum atomic E-state index is -0.220. The Morgan fingerprint density at radius 3 is 2.65 bits per heavy atom. The van der Waals surface area contributed by atoms with Crippen molar-refractivity contribution < 1.29 is 4.39 Å². The molecule has 0 unspecified atom stereocenters. The summed E-state index contributed by atoms with van der Waals surface area (Å²) in [7, 11) is 0. The fraction of sp³-hybridized carbons (Fsp3) is 0.211. The van der Waals surface area contributed by atoms with Gasteiger partial charge in [0.2, 0.25) is 0 Å². The highest BCUT2D eigenvalue weighted by molar-refractivity contribution is 5.62. The first-order chi connectivity index (χ1) is 11.3. The molecule has 0 saturated carbocycles. The van der Waals surface area contributed by atoms with E-state index in [2.05, 4.69) is 39.4 Å². The number of nitrogens with one attached hydrogen (secondary N) is 1. The molecule has 0 fully saturated rings. The number of aromatic amines is 1. The molecule has 3 aromatic rings. The van der Waals surface area contributed by atoms with Crippen molar-refractivity contribution in [3.05, 3.63) is 77.2 Å². The SMILES string of the molecule is Fc1ccc(-c2[nH]ncc2CN2CCc3ccccc3C2)cc1. The lowest BCUT2D eigenvalue weighted by atomic mass is 9.99. The van der Waals surface area contributed by atoms with Crippen LogP contribution in [0.5, 0.6) is 0 Å². The standard InChI is InChI=1S/C19H18FN3/c20-18-7-5-15(6-8-18)19-17(11-21-22-19)13-23-10-9-14-3-1-2-4-16(14)12-23/h1-8,11H,9-10,12-13H2,(H,21,22). The smallest absolute Gasteiger partial charge is 0.123 e. The van der Waals surface area contributed by atoms with Gasteiger partial charge in [0.25, 0.3) is 0 Å². The van der Waals surface area contributed by atoms with Crippen LogP contribution in [0.25, 0.3) is 11.3 Å². The van der Waals surface area contributed by atoms with Crippen molar-refractivity contribution in [1.29, 1.82) is 0 Å². The summed E-state index contributed by atoms with van der Waals surface area (Å²) in [6, 6.07) is 15.2. The first-order valence-electron chi connectivity index (χ1n) is 7.87. The molecule has 0 saturated heterocycles. The lowest BCUT2D eigenvalue weighted by Crippen LogP contribution is -2.30. The van der Waals surface area contributed by atoms with Gasteiger partial charge in [-0.05, 0) is 41.8 Å². The number of H-pyrrole nitrogens is 1. The Hall–Kier alpha value is -2.46. The molecule has 3 nitrogen and oxygen atoms in total. The minimum Gasteiger partial charge on any atom is -0.294 e. The Bertz CT molecular complexity index is 807. The van der Waals surface area contributed by atoms with E-state index in [1.165, 1.54) is 23.3 Å². The Morgan fingerprint density at radius 1 is 1.04 bits per heavy atom. The van der Waals surface area contributed by atoms with Gasteiger partial charge < -0.3 is 0 Å². The van der Waals surface area contributed by atoms with Crippen LogP contribution in [0.2, 0.25) is 0 Å². The fourth-order valence-electron chi connectivity index (χ4n) is 3.23. The molecule has 1 N–H and O–H groups in total. The fourth-order valence-corrected chi connectivity index (χ4v) is 3.23. The average Bonchev–Trinajstić information content (AvgIpc) is 3.03. The van der Waals surface area contributed by atoms with Crippen LogP contribution in [0.15, 0.2) is 54.7 Å². The molecule has 0 spiro atoms. The van der Waals surface area contributed by atoms with Gasteiger partial charge in [0.15, 0.2) is 0 Å². The van der Waals surface area contributed by atoms with Crippen LogP contribution >= 0.6 is 0 Å². The zero-order valence-corrected chi connectivity index (χ0v) is 12.8. The maximum atomic E-state index is 13.1. The lowest BCUT2D eigenvalue weighted by Gasteiger charge is -2.28. The highest BCUT2D eigenvalue weighted by Crippen LogP contribution is 2.25. The van der Waals surface area contributed by atoms with Gasteiger partial charge >= 0.3 is 0 Å². The van der Waals surface area contributed by atoms with Crippen LogP contribution in [-0.2, 0) is 19.5 Å². The van der Waals surface area contributed by atoms with Crippen LogP contribution in [0.3, 0.4) is 0 Å². The van der Waals surface area contributed by atoms with Gasteiger partial charge in [0.05, 0.1) is 11.9 Å². The highest BCUT2D eigenvalue weighted by Gasteiger charge is 2.18. The van der Waals surface area contributed by atoms with E-state index >= 15 is 0 Å². The predicted molar refractivity (Wildman–Crippen MR) is 88.2 cm³/mol. The van der Waals surface area contributed by atoms with Gasteiger partial charge in [-0.1, -0.05) is 24.3 Å². The first-order valence-corrected chi connectivity index (χ1v) is 7.87. The topological polar surface area (TPSA) is 31.9 Å². The summed E-state index contributed by atoms with van der Waals surface area (Å²) >= 11 is 0. The molecule has 0 atom stereocenters. The Balaban J connectivity index is 1.55. The number of fused-ring (bicyclic) bond motifs is 1. The molecule has 0 bridgehead atoms. The Labute approximate surface area is 134 Å². The number of halogens is 1. The summed E-state index contributed by atoms with van der Waals surface area (Å²) in [4.78, 5) is 2.43. The van der Waals surface area contributed by atoms with Crippen molar-refractivity contribution >= 4 is 0 Å². The van der Waals surface area contributed by atoms with Crippen molar-refractivity contribution in [3.63, 3.8) is 0 Å². The molecule has 2 heterocycles. The van der Waals surface area contributed by atoms with Crippen molar-refractivity contribution in [2.75, 3.05) is 6.54 Å². The van der Waals surface area contributed by atoms with Crippen LogP contribution in [0, 0.1) is 5.82 Å². The van der Waals surface area contributed by atoms with Gasteiger partial charge in [0, 0.05) is 30.8 Å². The molecule has 0 amide bonds. The van der Waals surface area contributed by atoms with Crippen molar-refractivity contribution in [3.8, 4) is 11.3 Å². The first kappa shape index (κ1) is 14.2. The third-order valence-electron chi connectivity index (χ3n) is 4.45. The average molecular weight is 307 g/mol. The quantitative estimate of drug-likeness (QED) is 0.798. The molecule has 0 radical (unpaired) electrons. The summed E-state index contributed by atoms with van der Waals surface area (Å²) in [6.45, 7) is 2.85. The molecule has 1 aliphatic heterocycles. The van der Waals surface area contributed by atoms with Crippen molar-refractivity contribution in [2.45, 2.75) is 19.5 Å². The molecule has 1 aliphatic rings. The maximum absolute atomic E-state index is 13.1. The van der Waals surface area contributed by atoms with E-state index in [0.29, 0.717) is 0 Å². The van der Waals surface area contributed by atoms with E-state index in [1.807, 2.05) is 6.20 Å². The number of benzene rings is 2. The number of hydrogen-bond donors (Lipinski definition) is 1. The highest BCUT2D eigenvalue weighted by atomic mass is 19.1. The monoisotopic (exact) mass is 307 g/mol. The summed E-state index contributed by atoms with van der Waals surface area (Å²) in [5.74, 6) is -0.220. The number of rotatable bonds is 3. The van der Waals surface area contributed by atoms with E-state index in [-0.39, 0.29) is 5.82 Å². The summed E-state index contributed by atoms with van der Waals surface area (Å²) < 4.78 is 13.1. The van der Waals surface area contributed by atoms with Gasteiger partial charge in [0.1, 0.15) is 5.82 Å². The molecule has 0 aliphatic carbocycles. The third-order valence-corrected chi connectivity index (χ3v) is 4.45. The van der Waals surface area contributed by atoms with Gasteiger partial charge in [-0.2, -0.15) is 5.10 Å². The summed E-state index contributed by atoms with van der Waals surface area (Å²) in [5, 5.41) is 7.24. The number of nitrogens with zero attached hydrogens (tertiary/aromatic N) is 2. The van der Waals surface area contributed by atoms with E-state index < -0.39 is 0 Å². The van der Waals surface area contributed by atoms with Gasteiger partial charge in [-0.15, -0.1) is 0 Å². The molecule has 2 aromatic carbocycles. The van der Waals surface area contributed by atoms with Crippen LogP contribution in [-0.4, -0.2) is 21.6 Å². The number of aromatic nitrogens is 2. The largest absolute Gasteiger partial charge is 0.294 e. The van der Waals surface area contributed by atoms with E-state index in [0.717, 1.165) is 42.9 Å². The Kier molecular flexibility index (Phi) is 3.67. The van der Waals surface area contributed by atoms with E-state index in [4.69, 9.17) is 0 Å². The minimum absolute atomic E-state index is 0.220. The summed E-state index contributed by atoms with van der Waals surface area (Å²) in [6.07, 6.45) is 2.96. The molecule has 23 heavy (non-hydrogen) atoms. The second-order valence-electron chi connectivity index (χ2n) is 6.01. The molecular formula is C19H18FN3.